The lowest BCUT2D eigenvalue weighted by molar-refractivity contribution is -0.116. The highest BCUT2D eigenvalue weighted by atomic mass is 16.3. The molecule has 0 aliphatic heterocycles. The Labute approximate surface area is 198 Å². The Morgan fingerprint density at radius 3 is 2.32 bits per heavy atom. The zero-order chi connectivity index (χ0) is 23.3. The number of phenols is 1. The second-order valence-electron chi connectivity index (χ2n) is 8.41. The van der Waals surface area contributed by atoms with Gasteiger partial charge in [0.25, 0.3) is 0 Å². The Hall–Kier alpha value is -4.25. The Bertz CT molecular complexity index is 1450. The molecule has 0 unspecified atom stereocenters. The van der Waals surface area contributed by atoms with Crippen molar-refractivity contribution in [3.8, 4) is 5.75 Å². The van der Waals surface area contributed by atoms with Crippen molar-refractivity contribution in [2.45, 2.75) is 25.7 Å². The van der Waals surface area contributed by atoms with Crippen molar-refractivity contribution in [2.24, 2.45) is 0 Å². The predicted octanol–water partition coefficient (Wildman–Crippen LogP) is 6.04. The predicted molar refractivity (Wildman–Crippen MR) is 136 cm³/mol. The second-order valence-corrected chi connectivity index (χ2v) is 8.41. The van der Waals surface area contributed by atoms with Crippen molar-refractivity contribution < 1.29 is 9.90 Å². The van der Waals surface area contributed by atoms with E-state index in [9.17, 15) is 9.90 Å². The highest BCUT2D eigenvalue weighted by molar-refractivity contribution is 6.05. The van der Waals surface area contributed by atoms with E-state index in [0.717, 1.165) is 40.4 Å². The Kier molecular flexibility index (Phi) is 6.17. The fourth-order valence-electron chi connectivity index (χ4n) is 4.17. The van der Waals surface area contributed by atoms with Gasteiger partial charge in [-0.1, -0.05) is 66.7 Å². The van der Waals surface area contributed by atoms with Crippen molar-refractivity contribution in [3.05, 3.63) is 108 Å². The van der Waals surface area contributed by atoms with Gasteiger partial charge in [-0.15, -0.1) is 0 Å². The number of hydrogen-bond donors (Lipinski definition) is 2. The largest absolute Gasteiger partial charge is 0.508 e. The first-order valence-electron chi connectivity index (χ1n) is 11.5. The van der Waals surface area contributed by atoms with Crippen LogP contribution in [0.3, 0.4) is 0 Å². The van der Waals surface area contributed by atoms with Gasteiger partial charge in [0.2, 0.25) is 5.91 Å². The van der Waals surface area contributed by atoms with Crippen molar-refractivity contribution in [2.75, 3.05) is 5.32 Å². The number of benzene rings is 4. The zero-order valence-corrected chi connectivity index (χ0v) is 18.7. The van der Waals surface area contributed by atoms with E-state index in [2.05, 4.69) is 17.4 Å². The van der Waals surface area contributed by atoms with Crippen LogP contribution in [-0.4, -0.2) is 21.0 Å². The van der Waals surface area contributed by atoms with Crippen LogP contribution >= 0.6 is 0 Å². The molecular weight excluding hydrogens is 422 g/mol. The van der Waals surface area contributed by atoms with Crippen LogP contribution in [0.15, 0.2) is 91.0 Å². The third kappa shape index (κ3) is 4.89. The molecule has 1 amide bonds. The number of fused-ring (bicyclic) bond motifs is 3. The van der Waals surface area contributed by atoms with E-state index in [1.165, 1.54) is 5.56 Å². The summed E-state index contributed by atoms with van der Waals surface area (Å²) in [7, 11) is 0. The van der Waals surface area contributed by atoms with E-state index in [1.54, 1.807) is 12.1 Å². The molecule has 0 atom stereocenters. The number of phenolic OH excluding ortho intramolecular Hbond substituents is 1. The Balaban J connectivity index is 1.45. The SMILES string of the molecule is O=C(CCCc1ccccc1)Nc1nc2ccc3cc(O)ccc3c2nc1Cc1ccccc1. The molecule has 34 heavy (non-hydrogen) atoms. The molecule has 0 aliphatic carbocycles. The van der Waals surface area contributed by atoms with E-state index in [0.29, 0.717) is 24.2 Å². The van der Waals surface area contributed by atoms with Crippen LogP contribution in [0.5, 0.6) is 5.75 Å². The van der Waals surface area contributed by atoms with E-state index in [1.807, 2.05) is 66.7 Å². The van der Waals surface area contributed by atoms with Gasteiger partial charge in [0.05, 0.1) is 16.7 Å². The van der Waals surface area contributed by atoms with Crippen molar-refractivity contribution in [1.82, 2.24) is 9.97 Å². The number of hydrogen-bond acceptors (Lipinski definition) is 4. The average molecular weight is 448 g/mol. The van der Waals surface area contributed by atoms with Gasteiger partial charge in [0.15, 0.2) is 5.82 Å². The fourth-order valence-corrected chi connectivity index (χ4v) is 4.17. The monoisotopic (exact) mass is 447 g/mol. The standard InChI is InChI=1S/C29H25N3O2/c33-23-15-16-24-22(19-23)14-17-25-28(24)30-26(18-21-10-5-2-6-11-21)29(31-25)32-27(34)13-7-12-20-8-3-1-4-9-20/h1-6,8-11,14-17,19,33H,7,12-13,18H2,(H,31,32,34). The highest BCUT2D eigenvalue weighted by Crippen LogP contribution is 2.28. The van der Waals surface area contributed by atoms with E-state index < -0.39 is 0 Å². The maximum atomic E-state index is 12.8. The molecule has 0 fully saturated rings. The molecule has 4 aromatic carbocycles. The molecule has 5 rings (SSSR count). The maximum absolute atomic E-state index is 12.8. The quantitative estimate of drug-likeness (QED) is 0.298. The van der Waals surface area contributed by atoms with Crippen molar-refractivity contribution >= 4 is 33.5 Å². The third-order valence-electron chi connectivity index (χ3n) is 5.89. The van der Waals surface area contributed by atoms with Crippen LogP contribution in [-0.2, 0) is 17.6 Å². The van der Waals surface area contributed by atoms with Crippen molar-refractivity contribution in [3.63, 3.8) is 0 Å². The number of amides is 1. The first kappa shape index (κ1) is 21.6. The molecule has 2 N–H and O–H groups in total. The smallest absolute Gasteiger partial charge is 0.225 e. The number of carbonyl (C=O) groups is 1. The number of aryl methyl sites for hydroxylation is 1. The minimum atomic E-state index is -0.0652. The normalized spacial score (nSPS) is 11.1. The summed E-state index contributed by atoms with van der Waals surface area (Å²) in [4.78, 5) is 22.5. The molecular formula is C29H25N3O2. The molecule has 5 heteroatoms. The summed E-state index contributed by atoms with van der Waals surface area (Å²) in [6.07, 6.45) is 2.58. The first-order valence-corrected chi connectivity index (χ1v) is 11.5. The topological polar surface area (TPSA) is 75.1 Å². The van der Waals surface area contributed by atoms with Gasteiger partial charge < -0.3 is 10.4 Å². The number of anilines is 1. The van der Waals surface area contributed by atoms with Crippen LogP contribution < -0.4 is 5.32 Å². The molecule has 5 aromatic rings. The van der Waals surface area contributed by atoms with Crippen LogP contribution in [0.2, 0.25) is 0 Å². The molecule has 0 radical (unpaired) electrons. The molecule has 168 valence electrons. The number of aromatic hydroxyl groups is 1. The number of aromatic nitrogens is 2. The molecule has 1 heterocycles. The molecule has 1 aromatic heterocycles. The maximum Gasteiger partial charge on any atom is 0.225 e. The summed E-state index contributed by atoms with van der Waals surface area (Å²) < 4.78 is 0. The lowest BCUT2D eigenvalue weighted by Crippen LogP contribution is -2.15. The molecule has 5 nitrogen and oxygen atoms in total. The molecule has 0 saturated carbocycles. The van der Waals surface area contributed by atoms with Crippen LogP contribution in [0.4, 0.5) is 5.82 Å². The Morgan fingerprint density at radius 1 is 0.824 bits per heavy atom. The molecule has 0 bridgehead atoms. The summed E-state index contributed by atoms with van der Waals surface area (Å²) >= 11 is 0. The number of carbonyl (C=O) groups excluding carboxylic acids is 1. The molecule has 0 aliphatic rings. The van der Waals surface area contributed by atoms with E-state index in [-0.39, 0.29) is 11.7 Å². The molecule has 0 saturated heterocycles. The summed E-state index contributed by atoms with van der Waals surface area (Å²) in [5, 5.41) is 14.7. The van der Waals surface area contributed by atoms with Gasteiger partial charge in [-0.25, -0.2) is 9.97 Å². The Morgan fingerprint density at radius 2 is 1.56 bits per heavy atom. The summed E-state index contributed by atoms with van der Waals surface area (Å²) in [6.45, 7) is 0. The summed E-state index contributed by atoms with van der Waals surface area (Å²) in [5.74, 6) is 0.646. The van der Waals surface area contributed by atoms with Gasteiger partial charge in [-0.05, 0) is 53.6 Å². The van der Waals surface area contributed by atoms with Crippen molar-refractivity contribution in [1.29, 1.82) is 0 Å². The van der Waals surface area contributed by atoms with Gasteiger partial charge in [-0.2, -0.15) is 0 Å². The van der Waals surface area contributed by atoms with E-state index >= 15 is 0 Å². The number of nitrogens with zero attached hydrogens (tertiary/aromatic N) is 2. The summed E-state index contributed by atoms with van der Waals surface area (Å²) in [5.41, 5.74) is 4.49. The van der Waals surface area contributed by atoms with E-state index in [4.69, 9.17) is 9.97 Å². The highest BCUT2D eigenvalue weighted by Gasteiger charge is 2.14. The zero-order valence-electron chi connectivity index (χ0n) is 18.7. The number of nitrogens with one attached hydrogen (secondary N) is 1. The lowest BCUT2D eigenvalue weighted by Gasteiger charge is -2.13. The van der Waals surface area contributed by atoms with Gasteiger partial charge in [-0.3, -0.25) is 4.79 Å². The fraction of sp³-hybridized carbons (Fsp3) is 0.138. The van der Waals surface area contributed by atoms with Gasteiger partial charge in [0.1, 0.15) is 5.75 Å². The van der Waals surface area contributed by atoms with Crippen LogP contribution in [0.1, 0.15) is 29.7 Å². The second kappa shape index (κ2) is 9.71. The summed E-state index contributed by atoms with van der Waals surface area (Å²) in [6, 6.07) is 29.2. The molecule has 0 spiro atoms. The van der Waals surface area contributed by atoms with Crippen LogP contribution in [0, 0.1) is 0 Å². The average Bonchev–Trinajstić information content (AvgIpc) is 2.85. The van der Waals surface area contributed by atoms with Crippen LogP contribution in [0.25, 0.3) is 21.8 Å². The number of rotatable bonds is 7. The van der Waals surface area contributed by atoms with Gasteiger partial charge in [0, 0.05) is 18.2 Å². The minimum Gasteiger partial charge on any atom is -0.508 e. The van der Waals surface area contributed by atoms with Gasteiger partial charge >= 0.3 is 0 Å². The third-order valence-corrected chi connectivity index (χ3v) is 5.89. The minimum absolute atomic E-state index is 0.0652. The lowest BCUT2D eigenvalue weighted by atomic mass is 10.1. The first-order chi connectivity index (χ1) is 16.7.